The molecular formula is C44H57Cl2N9O9S. The number of halogens is 2. The van der Waals surface area contributed by atoms with Crippen LogP contribution in [0.5, 0.6) is 0 Å². The number of thiophene rings is 1. The predicted octanol–water partition coefficient (Wildman–Crippen LogP) is 2.87. The molecule has 6 rings (SSSR count). The second-order valence-corrected chi connectivity index (χ2v) is 17.7. The molecular weight excluding hydrogens is 902 g/mol. The Bertz CT molecular complexity index is 2310. The molecule has 65 heavy (non-hydrogen) atoms. The van der Waals surface area contributed by atoms with Crippen LogP contribution in [-0.4, -0.2) is 170 Å². The first-order valence-corrected chi connectivity index (χ1v) is 23.2. The first kappa shape index (κ1) is 49.6. The molecule has 4 aromatic rings. The highest BCUT2D eigenvalue weighted by molar-refractivity contribution is 7.16. The van der Waals surface area contributed by atoms with Crippen LogP contribution in [0.3, 0.4) is 0 Å². The standard InChI is InChI=1S/C44H57Cl2N9O9S/c1-51(2)14-3-4-38(59)53-18-19-55(39(60)28-53)41-6-5-30(65-41)7-12-47-36(57)10-20-62-22-24-64-25-23-63-21-11-37(58)48-13-17-54-16-9-35(50-54)31-26-33(45)43(46)44-42(31)32-27-52(40(61)29-56)15-8-34(32)49-44/h3-6,9,16,26,49,56H,7-8,10-15,17-25,27-29H2,1-2H3,(H,47,57)(H,48,58)/b4-3+. The summed E-state index contributed by atoms with van der Waals surface area (Å²) in [5, 5.41) is 22.4. The van der Waals surface area contributed by atoms with Crippen molar-refractivity contribution in [3.8, 4) is 11.3 Å². The van der Waals surface area contributed by atoms with Gasteiger partial charge in [-0.05, 0) is 44.8 Å². The van der Waals surface area contributed by atoms with Gasteiger partial charge >= 0.3 is 0 Å². The lowest BCUT2D eigenvalue weighted by atomic mass is 9.99. The van der Waals surface area contributed by atoms with Crippen LogP contribution in [0, 0.1) is 0 Å². The van der Waals surface area contributed by atoms with E-state index in [-0.39, 0.29) is 62.1 Å². The first-order chi connectivity index (χ1) is 31.4. The van der Waals surface area contributed by atoms with E-state index in [1.807, 2.05) is 43.4 Å². The van der Waals surface area contributed by atoms with Gasteiger partial charge in [0.15, 0.2) is 0 Å². The van der Waals surface area contributed by atoms with E-state index in [9.17, 15) is 29.1 Å². The lowest BCUT2D eigenvalue weighted by molar-refractivity contribution is -0.135. The summed E-state index contributed by atoms with van der Waals surface area (Å²) in [6, 6.07) is 7.50. The van der Waals surface area contributed by atoms with Crippen LogP contribution in [-0.2, 0) is 64.1 Å². The Morgan fingerprint density at radius 1 is 0.923 bits per heavy atom. The Kier molecular flexibility index (Phi) is 18.8. The van der Waals surface area contributed by atoms with Gasteiger partial charge in [0, 0.05) is 104 Å². The van der Waals surface area contributed by atoms with Crippen molar-refractivity contribution in [3.63, 3.8) is 0 Å². The number of aliphatic hydroxyl groups excluding tert-OH is 1. The number of aromatic nitrogens is 3. The highest BCUT2D eigenvalue weighted by atomic mass is 35.5. The summed E-state index contributed by atoms with van der Waals surface area (Å²) in [7, 11) is 3.84. The number of ether oxygens (including phenoxy) is 3. The van der Waals surface area contributed by atoms with Crippen LogP contribution in [0.15, 0.2) is 42.6 Å². The molecule has 3 aromatic heterocycles. The van der Waals surface area contributed by atoms with Crippen molar-refractivity contribution in [2.75, 3.05) is 111 Å². The Balaban J connectivity index is 0.769. The van der Waals surface area contributed by atoms with Gasteiger partial charge in [-0.15, -0.1) is 11.3 Å². The van der Waals surface area contributed by atoms with Gasteiger partial charge in [-0.25, -0.2) is 0 Å². The zero-order valence-electron chi connectivity index (χ0n) is 36.7. The number of H-pyrrole nitrogens is 1. The Morgan fingerprint density at radius 2 is 1.63 bits per heavy atom. The van der Waals surface area contributed by atoms with E-state index < -0.39 is 6.61 Å². The van der Waals surface area contributed by atoms with Gasteiger partial charge in [-0.3, -0.25) is 28.7 Å². The molecule has 352 valence electrons. The van der Waals surface area contributed by atoms with Gasteiger partial charge in [0.05, 0.1) is 72.4 Å². The van der Waals surface area contributed by atoms with Crippen molar-refractivity contribution in [1.82, 2.24) is 40.1 Å². The number of aromatic amines is 1. The van der Waals surface area contributed by atoms with E-state index in [1.165, 1.54) is 17.4 Å². The van der Waals surface area contributed by atoms with Gasteiger partial charge in [-0.2, -0.15) is 5.10 Å². The molecule has 0 atom stereocenters. The smallest absolute Gasteiger partial charge is 0.248 e. The molecule has 21 heteroatoms. The Hall–Kier alpha value is -4.86. The number of amides is 5. The van der Waals surface area contributed by atoms with Crippen molar-refractivity contribution in [1.29, 1.82) is 0 Å². The molecule has 1 fully saturated rings. The third-order valence-corrected chi connectivity index (χ3v) is 12.7. The number of aliphatic hydroxyl groups is 1. The van der Waals surface area contributed by atoms with E-state index in [0.29, 0.717) is 113 Å². The van der Waals surface area contributed by atoms with Gasteiger partial charge in [0.25, 0.3) is 0 Å². The number of fused-ring (bicyclic) bond motifs is 3. The number of carbonyl (C=O) groups is 5. The van der Waals surface area contributed by atoms with E-state index in [4.69, 9.17) is 42.5 Å². The molecule has 2 aliphatic rings. The van der Waals surface area contributed by atoms with Crippen molar-refractivity contribution >= 4 is 80.0 Å². The molecule has 18 nitrogen and oxygen atoms in total. The van der Waals surface area contributed by atoms with Crippen molar-refractivity contribution < 1.29 is 43.3 Å². The predicted molar refractivity (Wildman–Crippen MR) is 248 cm³/mol. The van der Waals surface area contributed by atoms with E-state index in [2.05, 4.69) is 15.6 Å². The fraction of sp³-hybridized carbons (Fsp3) is 0.500. The second-order valence-electron chi connectivity index (χ2n) is 15.7. The number of piperazine rings is 1. The first-order valence-electron chi connectivity index (χ1n) is 21.6. The molecule has 0 saturated carbocycles. The van der Waals surface area contributed by atoms with Gasteiger partial charge in [-0.1, -0.05) is 29.3 Å². The summed E-state index contributed by atoms with van der Waals surface area (Å²) in [5.41, 5.74) is 4.00. The average molecular weight is 959 g/mol. The molecule has 0 aliphatic carbocycles. The summed E-state index contributed by atoms with van der Waals surface area (Å²) in [6.45, 7) is 4.98. The second kappa shape index (κ2) is 24.6. The number of likely N-dealkylation sites (N-methyl/N-ethyl adjacent to an activating group) is 1. The number of rotatable bonds is 24. The lowest BCUT2D eigenvalue weighted by Crippen LogP contribution is -2.51. The van der Waals surface area contributed by atoms with Gasteiger partial charge in [0.2, 0.25) is 29.5 Å². The molecule has 0 unspecified atom stereocenters. The molecule has 0 bridgehead atoms. The maximum atomic E-state index is 12.8. The van der Waals surface area contributed by atoms with Crippen LogP contribution in [0.4, 0.5) is 5.00 Å². The number of hydrogen-bond donors (Lipinski definition) is 4. The van der Waals surface area contributed by atoms with Crippen molar-refractivity contribution in [2.45, 2.75) is 38.8 Å². The minimum atomic E-state index is -0.553. The zero-order valence-corrected chi connectivity index (χ0v) is 39.1. The SMILES string of the molecule is CN(C)C/C=C/C(=O)N1CCN(c2ccc(CCNC(=O)CCOCCOCCOCCC(=O)NCCn3ccc(-c4cc(Cl)c(Cl)c5[nH]c6c(c45)CN(C(=O)CO)CC6)n3)s2)C(=O)C1. The molecule has 5 amide bonds. The van der Waals surface area contributed by atoms with E-state index in [0.717, 1.165) is 32.1 Å². The fourth-order valence-corrected chi connectivity index (χ4v) is 8.83. The van der Waals surface area contributed by atoms with Crippen LogP contribution in [0.1, 0.15) is 29.0 Å². The third kappa shape index (κ3) is 14.1. The Labute approximate surface area is 391 Å². The van der Waals surface area contributed by atoms with Crippen LogP contribution >= 0.6 is 34.5 Å². The quantitative estimate of drug-likeness (QED) is 0.0594. The molecule has 4 N–H and O–H groups in total. The highest BCUT2D eigenvalue weighted by Crippen LogP contribution is 2.42. The summed E-state index contributed by atoms with van der Waals surface area (Å²) >= 11 is 14.6. The highest BCUT2D eigenvalue weighted by Gasteiger charge is 2.29. The Morgan fingerprint density at radius 3 is 2.32 bits per heavy atom. The van der Waals surface area contributed by atoms with Gasteiger partial charge in [0.1, 0.15) is 13.2 Å². The third-order valence-electron chi connectivity index (χ3n) is 10.8. The maximum Gasteiger partial charge on any atom is 0.248 e. The van der Waals surface area contributed by atoms with Gasteiger partial charge < -0.3 is 54.5 Å². The lowest BCUT2D eigenvalue weighted by Gasteiger charge is -2.33. The minimum absolute atomic E-state index is 0.0472. The van der Waals surface area contributed by atoms with Crippen LogP contribution in [0.25, 0.3) is 22.2 Å². The monoisotopic (exact) mass is 957 g/mol. The molecule has 1 aromatic carbocycles. The molecule has 0 radical (unpaired) electrons. The normalized spacial score (nSPS) is 14.2. The van der Waals surface area contributed by atoms with E-state index in [1.54, 1.807) is 31.5 Å². The summed E-state index contributed by atoms with van der Waals surface area (Å²) < 4.78 is 18.3. The summed E-state index contributed by atoms with van der Waals surface area (Å²) in [6.07, 6.45) is 6.78. The minimum Gasteiger partial charge on any atom is -0.387 e. The number of hydrogen-bond acceptors (Lipinski definition) is 12. The maximum absolute atomic E-state index is 12.8. The largest absolute Gasteiger partial charge is 0.387 e. The zero-order chi connectivity index (χ0) is 46.3. The van der Waals surface area contributed by atoms with Crippen LogP contribution < -0.4 is 15.5 Å². The number of nitrogens with zero attached hydrogens (tertiary/aromatic N) is 6. The summed E-state index contributed by atoms with van der Waals surface area (Å²) in [5.74, 6) is -0.874. The number of carbonyl (C=O) groups excluding carboxylic acids is 5. The fourth-order valence-electron chi connectivity index (χ4n) is 7.38. The van der Waals surface area contributed by atoms with Crippen LogP contribution in [0.2, 0.25) is 10.0 Å². The molecule has 0 spiro atoms. The number of nitrogens with one attached hydrogen (secondary N) is 3. The van der Waals surface area contributed by atoms with Crippen molar-refractivity contribution in [2.24, 2.45) is 0 Å². The molecule has 2 aliphatic heterocycles. The number of benzene rings is 1. The molecule has 1 saturated heterocycles. The number of anilines is 1. The van der Waals surface area contributed by atoms with Crippen molar-refractivity contribution in [3.05, 3.63) is 68.8 Å². The summed E-state index contributed by atoms with van der Waals surface area (Å²) in [4.78, 5) is 73.5. The molecule has 5 heterocycles. The van der Waals surface area contributed by atoms with E-state index >= 15 is 0 Å². The average Bonchev–Trinajstić information content (AvgIpc) is 4.06. The topological polar surface area (TPSA) is 204 Å².